The number of halogens is 1. The maximum Gasteiger partial charge on any atom is 0.321 e. The van der Waals surface area contributed by atoms with E-state index < -0.39 is 45.6 Å². The highest BCUT2D eigenvalue weighted by molar-refractivity contribution is 7.89. The molecule has 0 radical (unpaired) electrons. The zero-order valence-corrected chi connectivity index (χ0v) is 14.6. The molecule has 0 unspecified atom stereocenters. The average Bonchev–Trinajstić information content (AvgIpc) is 2.64. The van der Waals surface area contributed by atoms with Crippen LogP contribution < -0.4 is 9.46 Å². The Hall–Kier alpha value is -2.78. The summed E-state index contributed by atoms with van der Waals surface area (Å²) in [5.41, 5.74) is 0.311. The number of carbonyl (C=O) groups excluding carboxylic acids is 2. The van der Waals surface area contributed by atoms with Crippen LogP contribution in [-0.4, -0.2) is 40.4 Å². The van der Waals surface area contributed by atoms with Gasteiger partial charge >= 0.3 is 5.97 Å². The van der Waals surface area contributed by atoms with E-state index in [9.17, 15) is 22.4 Å². The fourth-order valence-electron chi connectivity index (χ4n) is 1.95. The molecule has 0 saturated carbocycles. The number of Topliss-reactive ketones (excluding diaryl/α,β-unsaturated/α-hetero) is 1. The van der Waals surface area contributed by atoms with Crippen molar-refractivity contribution in [1.29, 1.82) is 0 Å². The van der Waals surface area contributed by atoms with E-state index in [0.29, 0.717) is 11.3 Å². The summed E-state index contributed by atoms with van der Waals surface area (Å²) >= 11 is 0. The molecular weight excluding hydrogens is 365 g/mol. The van der Waals surface area contributed by atoms with Crippen molar-refractivity contribution in [3.8, 4) is 5.75 Å². The fraction of sp³-hybridized carbons (Fsp3) is 0.176. The normalized spacial score (nSPS) is 11.0. The molecule has 1 N–H and O–H groups in total. The third-order valence-corrected chi connectivity index (χ3v) is 4.74. The first-order valence-corrected chi connectivity index (χ1v) is 8.89. The molecule has 0 saturated heterocycles. The van der Waals surface area contributed by atoms with E-state index in [1.807, 2.05) is 4.72 Å². The predicted octanol–water partition coefficient (Wildman–Crippen LogP) is 1.54. The maximum atomic E-state index is 13.5. The van der Waals surface area contributed by atoms with Crippen molar-refractivity contribution in [2.45, 2.75) is 4.90 Å². The molecule has 26 heavy (non-hydrogen) atoms. The molecule has 9 heteroatoms. The van der Waals surface area contributed by atoms with Gasteiger partial charge in [0.1, 0.15) is 23.0 Å². The monoisotopic (exact) mass is 381 g/mol. The first-order valence-electron chi connectivity index (χ1n) is 7.40. The van der Waals surface area contributed by atoms with Crippen molar-refractivity contribution >= 4 is 21.8 Å². The van der Waals surface area contributed by atoms with E-state index in [0.717, 1.165) is 12.1 Å². The average molecular weight is 381 g/mol. The fourth-order valence-corrected chi connectivity index (χ4v) is 3.00. The Bertz CT molecular complexity index is 896. The number of nitrogens with one attached hydrogen (secondary N) is 1. The van der Waals surface area contributed by atoms with Gasteiger partial charge in [-0.25, -0.2) is 12.8 Å². The third kappa shape index (κ3) is 5.11. The van der Waals surface area contributed by atoms with Crippen molar-refractivity contribution in [2.24, 2.45) is 0 Å². The van der Waals surface area contributed by atoms with Crippen LogP contribution in [0, 0.1) is 5.82 Å². The topological polar surface area (TPSA) is 98.8 Å². The summed E-state index contributed by atoms with van der Waals surface area (Å²) in [6.45, 7) is -1.28. The first-order chi connectivity index (χ1) is 12.3. The lowest BCUT2D eigenvalue weighted by Crippen LogP contribution is -2.32. The third-order valence-electron chi connectivity index (χ3n) is 3.31. The first kappa shape index (κ1) is 19.5. The largest absolute Gasteiger partial charge is 0.497 e. The number of hydrogen-bond donors (Lipinski definition) is 1. The minimum atomic E-state index is -4.21. The zero-order valence-electron chi connectivity index (χ0n) is 13.8. The molecule has 0 aliphatic rings. The van der Waals surface area contributed by atoms with E-state index in [1.54, 1.807) is 12.1 Å². The van der Waals surface area contributed by atoms with Gasteiger partial charge in [-0.2, -0.15) is 4.72 Å². The van der Waals surface area contributed by atoms with Crippen LogP contribution in [0.25, 0.3) is 0 Å². The van der Waals surface area contributed by atoms with Crippen LogP contribution in [0.1, 0.15) is 10.4 Å². The van der Waals surface area contributed by atoms with E-state index in [4.69, 9.17) is 9.47 Å². The SMILES string of the molecule is COc1ccc(C(=O)COC(=O)CNS(=O)(=O)c2ccccc2F)cc1. The molecule has 2 aromatic carbocycles. The lowest BCUT2D eigenvalue weighted by molar-refractivity contribution is -0.141. The van der Waals surface area contributed by atoms with Gasteiger partial charge in [0.25, 0.3) is 0 Å². The second-order valence-electron chi connectivity index (χ2n) is 5.07. The molecule has 0 amide bonds. The zero-order chi connectivity index (χ0) is 19.2. The Labute approximate surface area is 149 Å². The number of methoxy groups -OCH3 is 1. The number of carbonyl (C=O) groups is 2. The van der Waals surface area contributed by atoms with Crippen molar-refractivity contribution in [2.75, 3.05) is 20.3 Å². The highest BCUT2D eigenvalue weighted by atomic mass is 32.2. The number of ether oxygens (including phenoxy) is 2. The Morgan fingerprint density at radius 3 is 2.35 bits per heavy atom. The maximum absolute atomic E-state index is 13.5. The summed E-state index contributed by atoms with van der Waals surface area (Å²) in [6.07, 6.45) is 0. The summed E-state index contributed by atoms with van der Waals surface area (Å²) < 4.78 is 49.0. The molecule has 0 aliphatic carbocycles. The molecule has 0 aliphatic heterocycles. The molecule has 2 aromatic rings. The van der Waals surface area contributed by atoms with Gasteiger partial charge in [-0.05, 0) is 36.4 Å². The van der Waals surface area contributed by atoms with Crippen molar-refractivity contribution < 1.29 is 31.9 Å². The van der Waals surface area contributed by atoms with Gasteiger partial charge in [-0.15, -0.1) is 0 Å². The van der Waals surface area contributed by atoms with E-state index in [2.05, 4.69) is 0 Å². The van der Waals surface area contributed by atoms with Crippen molar-refractivity contribution in [1.82, 2.24) is 4.72 Å². The summed E-state index contributed by atoms with van der Waals surface area (Å²) in [7, 11) is -2.72. The molecule has 138 valence electrons. The van der Waals surface area contributed by atoms with Crippen LogP contribution in [0.4, 0.5) is 4.39 Å². The van der Waals surface area contributed by atoms with Gasteiger partial charge in [0.15, 0.2) is 12.4 Å². The van der Waals surface area contributed by atoms with Crippen LogP contribution in [0.3, 0.4) is 0 Å². The van der Waals surface area contributed by atoms with Crippen molar-refractivity contribution in [3.63, 3.8) is 0 Å². The van der Waals surface area contributed by atoms with Gasteiger partial charge in [-0.3, -0.25) is 9.59 Å². The van der Waals surface area contributed by atoms with E-state index in [-0.39, 0.29) is 0 Å². The predicted molar refractivity (Wildman–Crippen MR) is 89.9 cm³/mol. The van der Waals surface area contributed by atoms with Crippen LogP contribution in [0.15, 0.2) is 53.4 Å². The van der Waals surface area contributed by atoms with Crippen LogP contribution in [-0.2, 0) is 19.6 Å². The number of rotatable bonds is 8. The smallest absolute Gasteiger partial charge is 0.321 e. The second kappa shape index (κ2) is 8.54. The lowest BCUT2D eigenvalue weighted by Gasteiger charge is -2.08. The molecule has 0 heterocycles. The summed E-state index contributed by atoms with van der Waals surface area (Å²) in [4.78, 5) is 23.0. The number of ketones is 1. The number of benzene rings is 2. The Morgan fingerprint density at radius 1 is 1.08 bits per heavy atom. The van der Waals surface area contributed by atoms with Crippen LogP contribution >= 0.6 is 0 Å². The molecule has 0 bridgehead atoms. The minimum Gasteiger partial charge on any atom is -0.497 e. The minimum absolute atomic E-state index is 0.311. The van der Waals surface area contributed by atoms with Gasteiger partial charge < -0.3 is 9.47 Å². The molecular formula is C17H16FNO6S. The summed E-state index contributed by atoms with van der Waals surface area (Å²) in [6, 6.07) is 10.9. The molecule has 0 spiro atoms. The number of hydrogen-bond acceptors (Lipinski definition) is 6. The van der Waals surface area contributed by atoms with Gasteiger partial charge in [0.2, 0.25) is 10.0 Å². The molecule has 0 aromatic heterocycles. The van der Waals surface area contributed by atoms with Crippen molar-refractivity contribution in [3.05, 3.63) is 59.9 Å². The lowest BCUT2D eigenvalue weighted by atomic mass is 10.1. The molecule has 0 fully saturated rings. The quantitative estimate of drug-likeness (QED) is 0.550. The van der Waals surface area contributed by atoms with Gasteiger partial charge in [-0.1, -0.05) is 12.1 Å². The Kier molecular flexibility index (Phi) is 6.42. The standard InChI is InChI=1S/C17H16FNO6S/c1-24-13-8-6-12(7-9-13)15(20)11-25-17(21)10-19-26(22,23)16-5-3-2-4-14(16)18/h2-9,19H,10-11H2,1H3. The molecule has 0 atom stereocenters. The number of esters is 1. The van der Waals surface area contributed by atoms with Gasteiger partial charge in [0, 0.05) is 5.56 Å². The molecule has 2 rings (SSSR count). The van der Waals surface area contributed by atoms with Gasteiger partial charge in [0.05, 0.1) is 7.11 Å². The van der Waals surface area contributed by atoms with E-state index >= 15 is 0 Å². The molecule has 7 nitrogen and oxygen atoms in total. The highest BCUT2D eigenvalue weighted by Gasteiger charge is 2.20. The summed E-state index contributed by atoms with van der Waals surface area (Å²) in [5.74, 6) is -1.80. The van der Waals surface area contributed by atoms with E-state index in [1.165, 1.54) is 31.4 Å². The number of sulfonamides is 1. The Morgan fingerprint density at radius 2 is 1.73 bits per heavy atom. The second-order valence-corrected chi connectivity index (χ2v) is 6.80. The van der Waals surface area contributed by atoms with Crippen LogP contribution in [0.5, 0.6) is 5.75 Å². The highest BCUT2D eigenvalue weighted by Crippen LogP contribution is 2.13. The van der Waals surface area contributed by atoms with Crippen LogP contribution in [0.2, 0.25) is 0 Å². The summed E-state index contributed by atoms with van der Waals surface area (Å²) in [5, 5.41) is 0. The Balaban J connectivity index is 1.86.